The van der Waals surface area contributed by atoms with E-state index < -0.39 is 0 Å². The Bertz CT molecular complexity index is 145. The zero-order valence-electron chi connectivity index (χ0n) is 8.04. The van der Waals surface area contributed by atoms with E-state index in [4.69, 9.17) is 0 Å². The molecular formula is C9H18O2S2. The summed E-state index contributed by atoms with van der Waals surface area (Å²) in [4.78, 5) is 10.6. The third-order valence-corrected chi connectivity index (χ3v) is 5.04. The van der Waals surface area contributed by atoms with Crippen LogP contribution in [-0.4, -0.2) is 22.3 Å². The molecule has 0 aromatic rings. The Morgan fingerprint density at radius 3 is 2.77 bits per heavy atom. The zero-order chi connectivity index (χ0) is 8.81. The van der Waals surface area contributed by atoms with Crippen LogP contribution in [0.4, 0.5) is 0 Å². The highest BCUT2D eigenvalue weighted by atomic mass is 33.1. The molecule has 0 amide bonds. The summed E-state index contributed by atoms with van der Waals surface area (Å²) in [5.41, 5.74) is 0. The zero-order valence-corrected chi connectivity index (χ0v) is 9.68. The van der Waals surface area contributed by atoms with Crippen LogP contribution in [0.3, 0.4) is 0 Å². The van der Waals surface area contributed by atoms with Gasteiger partial charge in [0, 0.05) is 17.4 Å². The lowest BCUT2D eigenvalue weighted by Crippen LogP contribution is -1.98. The molecule has 1 saturated heterocycles. The maximum atomic E-state index is 10.6. The molecule has 0 bridgehead atoms. The minimum atomic E-state index is 0. The van der Waals surface area contributed by atoms with Crippen LogP contribution in [0.5, 0.6) is 0 Å². The highest BCUT2D eigenvalue weighted by Gasteiger charge is 2.15. The van der Waals surface area contributed by atoms with Crippen LogP contribution < -0.4 is 0 Å². The van der Waals surface area contributed by atoms with Crippen molar-refractivity contribution in [3.8, 4) is 0 Å². The average molecular weight is 222 g/mol. The molecule has 0 radical (unpaired) electrons. The minimum Gasteiger partial charge on any atom is -0.412 e. The van der Waals surface area contributed by atoms with Crippen LogP contribution in [0.2, 0.25) is 0 Å². The monoisotopic (exact) mass is 222 g/mol. The summed E-state index contributed by atoms with van der Waals surface area (Å²) >= 11 is 0. The van der Waals surface area contributed by atoms with Crippen LogP contribution in [0, 0.1) is 0 Å². The van der Waals surface area contributed by atoms with E-state index >= 15 is 0 Å². The topological polar surface area (TPSA) is 48.6 Å². The Labute approximate surface area is 87.9 Å². The van der Waals surface area contributed by atoms with Crippen LogP contribution in [-0.2, 0) is 4.79 Å². The van der Waals surface area contributed by atoms with Gasteiger partial charge in [-0.25, -0.2) is 0 Å². The Morgan fingerprint density at radius 2 is 2.23 bits per heavy atom. The molecule has 4 heteroatoms. The van der Waals surface area contributed by atoms with Gasteiger partial charge in [-0.1, -0.05) is 28.0 Å². The number of Topliss-reactive ketones (excluding diaryl/α,β-unsaturated/α-hetero) is 1. The molecule has 0 aliphatic carbocycles. The molecule has 1 rings (SSSR count). The first-order valence-electron chi connectivity index (χ1n) is 4.57. The van der Waals surface area contributed by atoms with Gasteiger partial charge in [0.1, 0.15) is 5.78 Å². The van der Waals surface area contributed by atoms with Gasteiger partial charge in [-0.05, 0) is 26.2 Å². The summed E-state index contributed by atoms with van der Waals surface area (Å²) in [5, 5.41) is 0.877. The van der Waals surface area contributed by atoms with Gasteiger partial charge < -0.3 is 10.3 Å². The van der Waals surface area contributed by atoms with E-state index in [0.29, 0.717) is 5.78 Å². The quantitative estimate of drug-likeness (QED) is 0.530. The Balaban J connectivity index is 0.00000144. The van der Waals surface area contributed by atoms with Gasteiger partial charge in [0.15, 0.2) is 0 Å². The molecule has 1 heterocycles. The molecule has 13 heavy (non-hydrogen) atoms. The van der Waals surface area contributed by atoms with E-state index in [2.05, 4.69) is 0 Å². The molecule has 0 saturated carbocycles. The summed E-state index contributed by atoms with van der Waals surface area (Å²) in [5.74, 6) is 1.66. The fourth-order valence-corrected chi connectivity index (χ4v) is 4.34. The molecule has 1 aliphatic rings. The second-order valence-electron chi connectivity index (χ2n) is 3.28. The van der Waals surface area contributed by atoms with E-state index in [0.717, 1.165) is 18.1 Å². The van der Waals surface area contributed by atoms with Gasteiger partial charge in [0.05, 0.1) is 0 Å². The fraction of sp³-hybridized carbons (Fsp3) is 0.889. The number of carbonyl (C=O) groups excluding carboxylic acids is 1. The molecule has 1 atom stereocenters. The largest absolute Gasteiger partial charge is 0.412 e. The van der Waals surface area contributed by atoms with Crippen LogP contribution >= 0.6 is 21.6 Å². The lowest BCUT2D eigenvalue weighted by Gasteiger charge is -2.05. The third-order valence-electron chi connectivity index (χ3n) is 2.03. The van der Waals surface area contributed by atoms with Crippen LogP contribution in [0.25, 0.3) is 0 Å². The Morgan fingerprint density at radius 1 is 1.46 bits per heavy atom. The smallest absolute Gasteiger partial charge is 0.129 e. The molecule has 1 unspecified atom stereocenters. The molecule has 2 nitrogen and oxygen atoms in total. The lowest BCUT2D eigenvalue weighted by molar-refractivity contribution is -0.117. The molecule has 1 fully saturated rings. The van der Waals surface area contributed by atoms with Crippen molar-refractivity contribution in [1.82, 2.24) is 0 Å². The van der Waals surface area contributed by atoms with Gasteiger partial charge in [-0.2, -0.15) is 0 Å². The van der Waals surface area contributed by atoms with Crippen molar-refractivity contribution in [1.29, 1.82) is 0 Å². The van der Waals surface area contributed by atoms with Crippen LogP contribution in [0.15, 0.2) is 0 Å². The van der Waals surface area contributed by atoms with E-state index in [1.807, 2.05) is 21.6 Å². The second kappa shape index (κ2) is 7.71. The Hall–Kier alpha value is 0.330. The van der Waals surface area contributed by atoms with E-state index in [-0.39, 0.29) is 5.48 Å². The molecule has 0 aromatic carbocycles. The first-order valence-corrected chi connectivity index (χ1v) is 6.95. The molecule has 0 spiro atoms. The number of hydrogen-bond donors (Lipinski definition) is 0. The van der Waals surface area contributed by atoms with Crippen molar-refractivity contribution >= 4 is 27.4 Å². The second-order valence-corrected chi connectivity index (χ2v) is 6.06. The summed E-state index contributed by atoms with van der Waals surface area (Å²) < 4.78 is 0. The van der Waals surface area contributed by atoms with Crippen molar-refractivity contribution < 1.29 is 10.3 Å². The minimum absolute atomic E-state index is 0. The van der Waals surface area contributed by atoms with E-state index in [9.17, 15) is 4.79 Å². The van der Waals surface area contributed by atoms with Gasteiger partial charge in [0.25, 0.3) is 0 Å². The number of unbranched alkanes of at least 4 members (excludes halogenated alkanes) is 1. The summed E-state index contributed by atoms with van der Waals surface area (Å²) in [7, 11) is 4.03. The first kappa shape index (κ1) is 13.3. The standard InChI is InChI=1S/C9H16OS2.H2O/c1-8(10)4-2-3-5-9-6-7-11-12-9;/h9H,2-7H2,1H3;1H2. The summed E-state index contributed by atoms with van der Waals surface area (Å²) in [6.07, 6.45) is 5.79. The number of ketones is 1. The molecular weight excluding hydrogens is 204 g/mol. The van der Waals surface area contributed by atoms with E-state index in [1.54, 1.807) is 6.92 Å². The summed E-state index contributed by atoms with van der Waals surface area (Å²) in [6, 6.07) is 0. The highest BCUT2D eigenvalue weighted by molar-refractivity contribution is 8.77. The highest BCUT2D eigenvalue weighted by Crippen LogP contribution is 2.39. The van der Waals surface area contributed by atoms with Crippen LogP contribution in [0.1, 0.15) is 39.0 Å². The Kier molecular flexibility index (Phi) is 7.90. The summed E-state index contributed by atoms with van der Waals surface area (Å²) in [6.45, 7) is 1.68. The normalized spacial score (nSPS) is 21.2. The molecule has 78 valence electrons. The lowest BCUT2D eigenvalue weighted by atomic mass is 10.1. The molecule has 2 N–H and O–H groups in total. The maximum Gasteiger partial charge on any atom is 0.129 e. The SMILES string of the molecule is CC(=O)CCCCC1CCSS1.O. The predicted molar refractivity (Wildman–Crippen MR) is 61.2 cm³/mol. The van der Waals surface area contributed by atoms with Crippen molar-refractivity contribution in [3.05, 3.63) is 0 Å². The number of hydrogen-bond acceptors (Lipinski definition) is 3. The molecule has 0 aromatic heterocycles. The van der Waals surface area contributed by atoms with Crippen molar-refractivity contribution in [2.75, 3.05) is 5.75 Å². The van der Waals surface area contributed by atoms with Crippen molar-refractivity contribution in [2.45, 2.75) is 44.3 Å². The van der Waals surface area contributed by atoms with E-state index in [1.165, 1.54) is 25.0 Å². The van der Waals surface area contributed by atoms with Gasteiger partial charge in [-0.3, -0.25) is 0 Å². The maximum absolute atomic E-state index is 10.6. The molecule has 1 aliphatic heterocycles. The first-order chi connectivity index (χ1) is 5.79. The fourth-order valence-electron chi connectivity index (χ4n) is 1.31. The third kappa shape index (κ3) is 6.41. The van der Waals surface area contributed by atoms with Crippen molar-refractivity contribution in [2.24, 2.45) is 0 Å². The van der Waals surface area contributed by atoms with Gasteiger partial charge in [-0.15, -0.1) is 0 Å². The predicted octanol–water partition coefficient (Wildman–Crippen LogP) is 2.46. The van der Waals surface area contributed by atoms with Crippen molar-refractivity contribution in [3.63, 3.8) is 0 Å². The number of carbonyl (C=O) groups is 1. The van der Waals surface area contributed by atoms with Gasteiger partial charge in [0.2, 0.25) is 0 Å². The average Bonchev–Trinajstić information content (AvgIpc) is 2.49. The number of rotatable bonds is 5. The van der Waals surface area contributed by atoms with Gasteiger partial charge >= 0.3 is 0 Å².